The summed E-state index contributed by atoms with van der Waals surface area (Å²) in [5.41, 5.74) is 5.41. The first-order valence-electron chi connectivity index (χ1n) is 4.45. The van der Waals surface area contributed by atoms with Crippen LogP contribution in [0.3, 0.4) is 0 Å². The molecule has 17 heavy (non-hydrogen) atoms. The fraction of sp³-hybridized carbons (Fsp3) is 0.125. The highest BCUT2D eigenvalue weighted by Gasteiger charge is 2.12. The summed E-state index contributed by atoms with van der Waals surface area (Å²) in [6.45, 7) is 1.77. The van der Waals surface area contributed by atoms with Crippen molar-refractivity contribution in [3.05, 3.63) is 28.1 Å². The van der Waals surface area contributed by atoms with Crippen LogP contribution in [0.25, 0.3) is 0 Å². The molecule has 0 aromatic carbocycles. The van der Waals surface area contributed by atoms with E-state index in [-0.39, 0.29) is 11.5 Å². The van der Waals surface area contributed by atoms with Crippen LogP contribution in [-0.2, 0) is 0 Å². The summed E-state index contributed by atoms with van der Waals surface area (Å²) in [4.78, 5) is 18.3. The third kappa shape index (κ3) is 2.88. The van der Waals surface area contributed by atoms with Crippen LogP contribution < -0.4 is 5.73 Å². The van der Waals surface area contributed by atoms with E-state index in [2.05, 4.69) is 14.3 Å². The maximum atomic E-state index is 10.6. The Morgan fingerprint density at radius 2 is 2.24 bits per heavy atom. The molecule has 2 aromatic rings. The Hall–Kier alpha value is -1.74. The predicted octanol–water partition coefficient (Wildman–Crippen LogP) is 1.88. The fourth-order valence-corrected chi connectivity index (χ4v) is 2.71. The maximum absolute atomic E-state index is 10.6. The van der Waals surface area contributed by atoms with Crippen LogP contribution >= 0.6 is 23.3 Å². The molecular weight excluding hydrogens is 262 g/mol. The topological polar surface area (TPSA) is 108 Å². The molecule has 9 heteroatoms. The molecule has 0 aliphatic carbocycles. The second-order valence-electron chi connectivity index (χ2n) is 3.06. The van der Waals surface area contributed by atoms with Gasteiger partial charge in [-0.15, -0.1) is 0 Å². The van der Waals surface area contributed by atoms with E-state index < -0.39 is 4.92 Å². The maximum Gasteiger partial charge on any atom is 0.275 e. The van der Waals surface area contributed by atoms with Crippen molar-refractivity contribution >= 4 is 34.8 Å². The number of aryl methyl sites for hydroxylation is 1. The first kappa shape index (κ1) is 11.7. The van der Waals surface area contributed by atoms with Crippen molar-refractivity contribution in [2.45, 2.75) is 16.3 Å². The van der Waals surface area contributed by atoms with Gasteiger partial charge in [-0.3, -0.25) is 10.1 Å². The summed E-state index contributed by atoms with van der Waals surface area (Å²) in [7, 11) is 0. The number of nitrogens with zero attached hydrogens (tertiary/aromatic N) is 4. The normalized spacial score (nSPS) is 10.4. The molecule has 0 saturated heterocycles. The van der Waals surface area contributed by atoms with Crippen molar-refractivity contribution in [3.63, 3.8) is 0 Å². The van der Waals surface area contributed by atoms with E-state index in [1.807, 2.05) is 0 Å². The number of hydrogen-bond acceptors (Lipinski definition) is 8. The molecule has 0 aliphatic heterocycles. The molecular formula is C8H7N5O2S2. The first-order valence-corrected chi connectivity index (χ1v) is 6.04. The van der Waals surface area contributed by atoms with Crippen LogP contribution in [0.15, 0.2) is 21.5 Å². The molecule has 0 aliphatic rings. The zero-order valence-corrected chi connectivity index (χ0v) is 10.3. The van der Waals surface area contributed by atoms with Crippen LogP contribution in [0.5, 0.6) is 0 Å². The molecule has 0 spiro atoms. The summed E-state index contributed by atoms with van der Waals surface area (Å²) in [6.07, 6.45) is 0. The van der Waals surface area contributed by atoms with Gasteiger partial charge in [0, 0.05) is 6.07 Å². The van der Waals surface area contributed by atoms with Gasteiger partial charge < -0.3 is 5.73 Å². The average Bonchev–Trinajstić information content (AvgIpc) is 2.63. The molecule has 0 amide bonds. The number of nitrogens with two attached hydrogens (primary N) is 1. The second kappa shape index (κ2) is 4.63. The third-order valence-corrected chi connectivity index (χ3v) is 3.48. The minimum Gasteiger partial charge on any atom is -0.383 e. The highest BCUT2D eigenvalue weighted by Crippen LogP contribution is 2.30. The van der Waals surface area contributed by atoms with Gasteiger partial charge in [-0.05, 0) is 30.2 Å². The number of aromatic nitrogens is 3. The third-order valence-electron chi connectivity index (χ3n) is 1.72. The van der Waals surface area contributed by atoms with Crippen molar-refractivity contribution in [2.24, 2.45) is 0 Å². The molecule has 2 heterocycles. The number of hydrogen-bond donors (Lipinski definition) is 1. The van der Waals surface area contributed by atoms with Gasteiger partial charge in [0.15, 0.2) is 4.34 Å². The quantitative estimate of drug-likeness (QED) is 0.669. The van der Waals surface area contributed by atoms with Crippen molar-refractivity contribution in [2.75, 3.05) is 5.73 Å². The zero-order valence-electron chi connectivity index (χ0n) is 8.65. The Bertz CT molecular complexity index is 571. The second-order valence-corrected chi connectivity index (χ2v) is 5.07. The number of nitro groups is 1. The molecule has 2 aromatic heterocycles. The predicted molar refractivity (Wildman–Crippen MR) is 64.1 cm³/mol. The largest absolute Gasteiger partial charge is 0.383 e. The molecule has 0 radical (unpaired) electrons. The van der Waals surface area contributed by atoms with Crippen molar-refractivity contribution in [1.29, 1.82) is 0 Å². The first-order chi connectivity index (χ1) is 8.04. The van der Waals surface area contributed by atoms with E-state index >= 15 is 0 Å². The molecule has 2 rings (SSSR count). The van der Waals surface area contributed by atoms with E-state index in [0.717, 1.165) is 0 Å². The Kier molecular flexibility index (Phi) is 3.20. The van der Waals surface area contributed by atoms with Gasteiger partial charge in [0.05, 0.1) is 11.0 Å². The average molecular weight is 269 g/mol. The highest BCUT2D eigenvalue weighted by molar-refractivity contribution is 8.00. The van der Waals surface area contributed by atoms with Crippen LogP contribution in [0.1, 0.15) is 5.82 Å². The summed E-state index contributed by atoms with van der Waals surface area (Å²) in [6, 6.07) is 2.58. The van der Waals surface area contributed by atoms with Crippen LogP contribution in [0.2, 0.25) is 0 Å². The Morgan fingerprint density at radius 3 is 2.82 bits per heavy atom. The highest BCUT2D eigenvalue weighted by atomic mass is 32.2. The standard InChI is InChI=1S/C8H7N5O2S2/c1-4-10-8(17-12-4)16-7-3-5(13(14)15)2-6(9)11-7/h2-3H,1H3,(H2,9,11). The minimum absolute atomic E-state index is 0.0822. The lowest BCUT2D eigenvalue weighted by atomic mass is 10.4. The Balaban J connectivity index is 2.29. The van der Waals surface area contributed by atoms with E-state index in [1.54, 1.807) is 6.92 Å². The summed E-state index contributed by atoms with van der Waals surface area (Å²) < 4.78 is 4.69. The van der Waals surface area contributed by atoms with Gasteiger partial charge in [0.2, 0.25) is 0 Å². The molecule has 0 bridgehead atoms. The van der Waals surface area contributed by atoms with Crippen molar-refractivity contribution in [1.82, 2.24) is 14.3 Å². The van der Waals surface area contributed by atoms with Gasteiger partial charge in [0.25, 0.3) is 5.69 Å². The number of rotatable bonds is 3. The molecule has 0 atom stereocenters. The van der Waals surface area contributed by atoms with E-state index in [9.17, 15) is 10.1 Å². The number of pyridine rings is 1. The van der Waals surface area contributed by atoms with E-state index in [0.29, 0.717) is 15.2 Å². The lowest BCUT2D eigenvalue weighted by Gasteiger charge is -1.98. The lowest BCUT2D eigenvalue weighted by Crippen LogP contribution is -1.95. The number of anilines is 1. The van der Waals surface area contributed by atoms with Crippen molar-refractivity contribution in [3.8, 4) is 0 Å². The summed E-state index contributed by atoms with van der Waals surface area (Å²) >= 11 is 2.42. The molecule has 0 saturated carbocycles. The van der Waals surface area contributed by atoms with E-state index in [4.69, 9.17) is 5.73 Å². The molecule has 7 nitrogen and oxygen atoms in total. The van der Waals surface area contributed by atoms with Crippen molar-refractivity contribution < 1.29 is 4.92 Å². The SMILES string of the molecule is Cc1nsc(Sc2cc([N+](=O)[O-])cc(N)n2)n1. The lowest BCUT2D eigenvalue weighted by molar-refractivity contribution is -0.385. The molecule has 2 N–H and O–H groups in total. The van der Waals surface area contributed by atoms with Gasteiger partial charge in [-0.2, -0.15) is 4.37 Å². The van der Waals surface area contributed by atoms with Gasteiger partial charge in [0.1, 0.15) is 16.7 Å². The number of nitrogen functional groups attached to an aromatic ring is 1. The minimum atomic E-state index is -0.506. The van der Waals surface area contributed by atoms with Crippen LogP contribution in [-0.4, -0.2) is 19.3 Å². The smallest absolute Gasteiger partial charge is 0.275 e. The van der Waals surface area contributed by atoms with Crippen LogP contribution in [0.4, 0.5) is 11.5 Å². The Morgan fingerprint density at radius 1 is 1.47 bits per heavy atom. The van der Waals surface area contributed by atoms with Gasteiger partial charge in [-0.25, -0.2) is 9.97 Å². The van der Waals surface area contributed by atoms with Gasteiger partial charge >= 0.3 is 0 Å². The summed E-state index contributed by atoms with van der Waals surface area (Å²) in [5, 5.41) is 11.1. The molecule has 0 fully saturated rings. The Labute approximate surface area is 104 Å². The molecule has 88 valence electrons. The fourth-order valence-electron chi connectivity index (χ4n) is 1.08. The monoisotopic (exact) mass is 269 g/mol. The molecule has 0 unspecified atom stereocenters. The van der Waals surface area contributed by atoms with Crippen LogP contribution in [0, 0.1) is 17.0 Å². The summed E-state index contributed by atoms with van der Waals surface area (Å²) in [5.74, 6) is 0.777. The van der Waals surface area contributed by atoms with E-state index in [1.165, 1.54) is 35.4 Å². The van der Waals surface area contributed by atoms with Gasteiger partial charge in [-0.1, -0.05) is 0 Å². The zero-order chi connectivity index (χ0) is 12.4.